The predicted octanol–water partition coefficient (Wildman–Crippen LogP) is 2.00. The molecule has 0 bridgehead atoms. The topological polar surface area (TPSA) is 49.3 Å². The fourth-order valence-electron chi connectivity index (χ4n) is 1.54. The molecule has 1 heterocycles. The van der Waals surface area contributed by atoms with E-state index in [1.54, 1.807) is 0 Å². The van der Waals surface area contributed by atoms with Crippen molar-refractivity contribution in [1.29, 1.82) is 0 Å². The minimum atomic E-state index is -0.536. The van der Waals surface area contributed by atoms with E-state index >= 15 is 0 Å². The first-order valence-electron chi connectivity index (χ1n) is 4.78. The summed E-state index contributed by atoms with van der Waals surface area (Å²) in [6, 6.07) is 5.64. The first kappa shape index (κ1) is 10.5. The zero-order valence-corrected chi connectivity index (χ0v) is 9.52. The maximum Gasteiger partial charge on any atom is 0.218 e. The summed E-state index contributed by atoms with van der Waals surface area (Å²) in [5.74, 6) is 0. The number of carbonyl (C=O) groups is 1. The number of nitrogens with one attached hydrogen (secondary N) is 1. The smallest absolute Gasteiger partial charge is 0.218 e. The Labute approximate surface area is 92.9 Å². The summed E-state index contributed by atoms with van der Waals surface area (Å²) in [7, 11) is 0. The van der Waals surface area contributed by atoms with Crippen LogP contribution in [0.1, 0.15) is 19.4 Å². The second-order valence-corrected chi connectivity index (χ2v) is 5.07. The van der Waals surface area contributed by atoms with E-state index in [2.05, 4.69) is 5.32 Å². The Morgan fingerprint density at radius 2 is 2.20 bits per heavy atom. The zero-order chi connectivity index (χ0) is 11.1. The molecule has 2 N–H and O–H groups in total. The third-order valence-corrected chi connectivity index (χ3v) is 3.80. The molecule has 1 aliphatic heterocycles. The van der Waals surface area contributed by atoms with Crippen molar-refractivity contribution >= 4 is 22.6 Å². The average molecular weight is 223 g/mol. The van der Waals surface area contributed by atoms with Crippen molar-refractivity contribution < 1.29 is 9.90 Å². The Bertz CT molecular complexity index is 415. The lowest BCUT2D eigenvalue weighted by Crippen LogP contribution is -2.41. The highest BCUT2D eigenvalue weighted by atomic mass is 32.2. The number of rotatable bonds is 1. The second-order valence-electron chi connectivity index (χ2n) is 4.09. The van der Waals surface area contributed by atoms with Crippen LogP contribution in [0.3, 0.4) is 0 Å². The number of benzene rings is 1. The summed E-state index contributed by atoms with van der Waals surface area (Å²) in [4.78, 5) is 12.6. The number of hydrogen-bond donors (Lipinski definition) is 2. The summed E-state index contributed by atoms with van der Waals surface area (Å²) < 4.78 is 0. The van der Waals surface area contributed by atoms with Crippen LogP contribution in [-0.2, 0) is 11.4 Å². The number of aliphatic hydroxyl groups is 1. The van der Waals surface area contributed by atoms with Crippen LogP contribution in [0.5, 0.6) is 0 Å². The molecule has 0 fully saturated rings. The molecule has 1 aromatic rings. The second kappa shape index (κ2) is 3.54. The van der Waals surface area contributed by atoms with Crippen molar-refractivity contribution in [2.24, 2.45) is 0 Å². The Morgan fingerprint density at radius 1 is 1.47 bits per heavy atom. The maximum atomic E-state index is 11.8. The normalized spacial score (nSPS) is 18.2. The Balaban J connectivity index is 2.49. The SMILES string of the molecule is CC1(C)Nc2cccc(CO)c2SC1=O. The standard InChI is InChI=1S/C11H13NO2S/c1-11(2)10(14)15-9-7(6-13)4-3-5-8(9)12-11/h3-5,12-13H,6H2,1-2H3. The van der Waals surface area contributed by atoms with Crippen molar-refractivity contribution in [1.82, 2.24) is 0 Å². The van der Waals surface area contributed by atoms with Gasteiger partial charge in [0.1, 0.15) is 5.54 Å². The van der Waals surface area contributed by atoms with Gasteiger partial charge in [0.25, 0.3) is 0 Å². The average Bonchev–Trinajstić information content (AvgIpc) is 2.18. The van der Waals surface area contributed by atoms with Gasteiger partial charge in [-0.1, -0.05) is 12.1 Å². The molecule has 15 heavy (non-hydrogen) atoms. The van der Waals surface area contributed by atoms with Crippen LogP contribution in [0.15, 0.2) is 23.1 Å². The van der Waals surface area contributed by atoms with Crippen molar-refractivity contribution in [3.8, 4) is 0 Å². The number of thioether (sulfide) groups is 1. The molecule has 0 aromatic heterocycles. The van der Waals surface area contributed by atoms with E-state index in [1.165, 1.54) is 11.8 Å². The Morgan fingerprint density at radius 3 is 2.87 bits per heavy atom. The number of aliphatic hydroxyl groups excluding tert-OH is 1. The van der Waals surface area contributed by atoms with Gasteiger partial charge < -0.3 is 10.4 Å². The summed E-state index contributed by atoms with van der Waals surface area (Å²) in [6.45, 7) is 3.68. The van der Waals surface area contributed by atoms with E-state index in [-0.39, 0.29) is 11.7 Å². The highest BCUT2D eigenvalue weighted by Crippen LogP contribution is 2.40. The Hall–Kier alpha value is -1.00. The van der Waals surface area contributed by atoms with Crippen LogP contribution < -0.4 is 5.32 Å². The quantitative estimate of drug-likeness (QED) is 0.764. The van der Waals surface area contributed by atoms with Gasteiger partial charge in [0, 0.05) is 10.6 Å². The van der Waals surface area contributed by atoms with Crippen molar-refractivity contribution in [3.63, 3.8) is 0 Å². The highest BCUT2D eigenvalue weighted by molar-refractivity contribution is 8.14. The molecule has 0 aliphatic carbocycles. The fraction of sp³-hybridized carbons (Fsp3) is 0.364. The number of anilines is 1. The summed E-state index contributed by atoms with van der Waals surface area (Å²) >= 11 is 1.21. The fourth-order valence-corrected chi connectivity index (χ4v) is 2.52. The van der Waals surface area contributed by atoms with Crippen molar-refractivity contribution in [2.45, 2.75) is 30.9 Å². The molecule has 1 aliphatic rings. The number of carbonyl (C=O) groups excluding carboxylic acids is 1. The lowest BCUT2D eigenvalue weighted by atomic mass is 10.1. The third kappa shape index (κ3) is 1.75. The van der Waals surface area contributed by atoms with Crippen LogP contribution in [0, 0.1) is 0 Å². The molecular weight excluding hydrogens is 210 g/mol. The molecule has 0 saturated carbocycles. The van der Waals surface area contributed by atoms with Gasteiger partial charge in [0.05, 0.1) is 6.61 Å². The molecule has 0 spiro atoms. The first-order valence-corrected chi connectivity index (χ1v) is 5.59. The predicted molar refractivity (Wildman–Crippen MR) is 60.9 cm³/mol. The number of fused-ring (bicyclic) bond motifs is 1. The van der Waals surface area contributed by atoms with Crippen LogP contribution in [0.4, 0.5) is 5.69 Å². The van der Waals surface area contributed by atoms with E-state index in [0.717, 1.165) is 16.1 Å². The number of hydrogen-bond acceptors (Lipinski definition) is 4. The van der Waals surface area contributed by atoms with Gasteiger partial charge in [0.15, 0.2) is 0 Å². The summed E-state index contributed by atoms with van der Waals surface area (Å²) in [6.07, 6.45) is 0. The van der Waals surface area contributed by atoms with Crippen LogP contribution in [-0.4, -0.2) is 15.8 Å². The van der Waals surface area contributed by atoms with Gasteiger partial charge in [-0.25, -0.2) is 0 Å². The van der Waals surface area contributed by atoms with Gasteiger partial charge in [0.2, 0.25) is 5.12 Å². The van der Waals surface area contributed by atoms with E-state index in [0.29, 0.717) is 0 Å². The lowest BCUT2D eigenvalue weighted by Gasteiger charge is -2.32. The molecular formula is C11H13NO2S. The molecule has 0 unspecified atom stereocenters. The Kier molecular flexibility index (Phi) is 2.48. The largest absolute Gasteiger partial charge is 0.392 e. The van der Waals surface area contributed by atoms with Gasteiger partial charge in [-0.05, 0) is 37.2 Å². The minimum absolute atomic E-state index is 0.0361. The van der Waals surface area contributed by atoms with Gasteiger partial charge in [-0.3, -0.25) is 4.79 Å². The molecule has 3 nitrogen and oxygen atoms in total. The van der Waals surface area contributed by atoms with Crippen LogP contribution in [0.2, 0.25) is 0 Å². The summed E-state index contributed by atoms with van der Waals surface area (Å²) in [5.41, 5.74) is 1.19. The van der Waals surface area contributed by atoms with Crippen LogP contribution >= 0.6 is 11.8 Å². The summed E-state index contributed by atoms with van der Waals surface area (Å²) in [5, 5.41) is 12.4. The molecule has 4 heteroatoms. The molecule has 2 rings (SSSR count). The zero-order valence-electron chi connectivity index (χ0n) is 8.70. The molecule has 80 valence electrons. The molecule has 0 amide bonds. The molecule has 1 aromatic carbocycles. The monoisotopic (exact) mass is 223 g/mol. The highest BCUT2D eigenvalue weighted by Gasteiger charge is 2.34. The third-order valence-electron chi connectivity index (χ3n) is 2.42. The van der Waals surface area contributed by atoms with E-state index in [9.17, 15) is 4.79 Å². The van der Waals surface area contributed by atoms with Gasteiger partial charge >= 0.3 is 0 Å². The van der Waals surface area contributed by atoms with Crippen LogP contribution in [0.25, 0.3) is 0 Å². The van der Waals surface area contributed by atoms with Gasteiger partial charge in [-0.2, -0.15) is 0 Å². The molecule has 0 atom stereocenters. The van der Waals surface area contributed by atoms with E-state index in [1.807, 2.05) is 32.0 Å². The van der Waals surface area contributed by atoms with E-state index < -0.39 is 5.54 Å². The first-order chi connectivity index (χ1) is 7.04. The van der Waals surface area contributed by atoms with E-state index in [4.69, 9.17) is 5.11 Å². The molecule has 0 radical (unpaired) electrons. The minimum Gasteiger partial charge on any atom is -0.392 e. The van der Waals surface area contributed by atoms with Gasteiger partial charge in [-0.15, -0.1) is 0 Å². The lowest BCUT2D eigenvalue weighted by molar-refractivity contribution is -0.114. The van der Waals surface area contributed by atoms with Crippen molar-refractivity contribution in [3.05, 3.63) is 23.8 Å². The van der Waals surface area contributed by atoms with Crippen molar-refractivity contribution in [2.75, 3.05) is 5.32 Å². The molecule has 0 saturated heterocycles. The maximum absolute atomic E-state index is 11.8.